The number of nitrogens with zero attached hydrogens (tertiary/aromatic N) is 1. The highest BCUT2D eigenvalue weighted by atomic mass is 16.5. The lowest BCUT2D eigenvalue weighted by atomic mass is 9.73. The van der Waals surface area contributed by atoms with Gasteiger partial charge in [-0.3, -0.25) is 9.59 Å². The van der Waals surface area contributed by atoms with Gasteiger partial charge in [0.05, 0.1) is 31.8 Å². The van der Waals surface area contributed by atoms with E-state index in [1.165, 1.54) is 0 Å². The summed E-state index contributed by atoms with van der Waals surface area (Å²) in [4.78, 5) is 26.2. The number of carbonyl (C=O) groups excluding carboxylic acids is 1. The van der Waals surface area contributed by atoms with Gasteiger partial charge in [-0.2, -0.15) is 0 Å². The standard InChI is InChI=1S/C24H33NO6/c1-23(2,13-20(27)28)12-19(26)25-10-9-17-16(25)11-15-21(30-17)14-7-6-8-18(29-5)22(14)31-24(15,3)4/h6-8,15-17,21H,9-13H2,1-5H3,(H,27,28)/t15-,16+,17-,21+/m1/s1. The van der Waals surface area contributed by atoms with Crippen molar-refractivity contribution in [1.82, 2.24) is 4.90 Å². The van der Waals surface area contributed by atoms with Crippen molar-refractivity contribution in [2.75, 3.05) is 13.7 Å². The van der Waals surface area contributed by atoms with Crippen molar-refractivity contribution in [2.45, 2.75) is 77.2 Å². The molecule has 3 heterocycles. The predicted octanol–water partition coefficient (Wildman–Crippen LogP) is 3.80. The van der Waals surface area contributed by atoms with Gasteiger partial charge in [0.15, 0.2) is 11.5 Å². The minimum atomic E-state index is -0.879. The van der Waals surface area contributed by atoms with Crippen molar-refractivity contribution < 1.29 is 28.9 Å². The number of benzene rings is 1. The molecule has 0 unspecified atom stereocenters. The smallest absolute Gasteiger partial charge is 0.303 e. The number of fused-ring (bicyclic) bond motifs is 4. The first-order valence-corrected chi connectivity index (χ1v) is 11.0. The van der Waals surface area contributed by atoms with Gasteiger partial charge < -0.3 is 24.2 Å². The summed E-state index contributed by atoms with van der Waals surface area (Å²) in [5, 5.41) is 9.15. The zero-order valence-electron chi connectivity index (χ0n) is 19.0. The van der Waals surface area contributed by atoms with E-state index in [1.807, 2.05) is 36.9 Å². The van der Waals surface area contributed by atoms with E-state index >= 15 is 0 Å². The van der Waals surface area contributed by atoms with Crippen molar-refractivity contribution in [3.05, 3.63) is 23.8 Å². The molecular formula is C24H33NO6. The molecule has 0 aliphatic carbocycles. The number of amides is 1. The molecule has 2 saturated heterocycles. The summed E-state index contributed by atoms with van der Waals surface area (Å²) in [6, 6.07) is 5.89. The van der Waals surface area contributed by atoms with Gasteiger partial charge in [0.25, 0.3) is 0 Å². The van der Waals surface area contributed by atoms with E-state index in [1.54, 1.807) is 7.11 Å². The van der Waals surface area contributed by atoms with E-state index < -0.39 is 17.0 Å². The molecule has 1 amide bonds. The number of ether oxygens (including phenoxy) is 3. The molecule has 1 aromatic carbocycles. The van der Waals surface area contributed by atoms with Crippen LogP contribution < -0.4 is 9.47 Å². The number of aliphatic carboxylic acids is 1. The SMILES string of the molecule is COc1cccc2c1OC(C)(C)[C@@H]1C[C@H]3[C@@H](CCN3C(=O)CC(C)(C)CC(=O)O)O[C@@H]21. The number of carboxylic acid groups (broad SMARTS) is 1. The van der Waals surface area contributed by atoms with Crippen molar-refractivity contribution in [3.8, 4) is 11.5 Å². The van der Waals surface area contributed by atoms with E-state index in [0.29, 0.717) is 12.3 Å². The first kappa shape index (κ1) is 21.9. The van der Waals surface area contributed by atoms with Gasteiger partial charge in [-0.05, 0) is 38.2 Å². The van der Waals surface area contributed by atoms with Gasteiger partial charge in [0, 0.05) is 24.4 Å². The Hall–Kier alpha value is -2.28. The van der Waals surface area contributed by atoms with E-state index in [-0.39, 0.29) is 42.9 Å². The minimum absolute atomic E-state index is 0.00980. The van der Waals surface area contributed by atoms with Crippen molar-refractivity contribution >= 4 is 11.9 Å². The molecular weight excluding hydrogens is 398 g/mol. The molecule has 2 fully saturated rings. The van der Waals surface area contributed by atoms with Crippen LogP contribution in [0.3, 0.4) is 0 Å². The molecule has 1 aromatic rings. The van der Waals surface area contributed by atoms with Crippen molar-refractivity contribution in [1.29, 1.82) is 0 Å². The van der Waals surface area contributed by atoms with Crippen LogP contribution in [-0.2, 0) is 14.3 Å². The largest absolute Gasteiger partial charge is 0.493 e. The molecule has 4 rings (SSSR count). The second-order valence-corrected chi connectivity index (χ2v) is 10.4. The Kier molecular flexibility index (Phi) is 5.44. The van der Waals surface area contributed by atoms with Gasteiger partial charge >= 0.3 is 5.97 Å². The molecule has 0 saturated carbocycles. The number of hydrogen-bond acceptors (Lipinski definition) is 5. The lowest BCUT2D eigenvalue weighted by Crippen LogP contribution is -2.54. The third-order valence-corrected chi connectivity index (χ3v) is 7.04. The molecule has 3 aliphatic heterocycles. The van der Waals surface area contributed by atoms with Crippen LogP contribution in [0.25, 0.3) is 0 Å². The van der Waals surface area contributed by atoms with Crippen LogP contribution >= 0.6 is 0 Å². The summed E-state index contributed by atoms with van der Waals surface area (Å²) in [5.74, 6) is 0.678. The van der Waals surface area contributed by atoms with E-state index in [2.05, 4.69) is 13.8 Å². The normalized spacial score (nSPS) is 28.7. The van der Waals surface area contributed by atoms with Gasteiger partial charge in [0.2, 0.25) is 5.91 Å². The van der Waals surface area contributed by atoms with Crippen LogP contribution in [0.4, 0.5) is 0 Å². The fourth-order valence-corrected chi connectivity index (χ4v) is 5.53. The maximum atomic E-state index is 13.1. The molecule has 0 spiro atoms. The highest BCUT2D eigenvalue weighted by Crippen LogP contribution is 2.54. The number of likely N-dealkylation sites (tertiary alicyclic amines) is 1. The van der Waals surface area contributed by atoms with Gasteiger partial charge in [-0.1, -0.05) is 26.0 Å². The van der Waals surface area contributed by atoms with Crippen LogP contribution in [0, 0.1) is 11.3 Å². The Morgan fingerprint density at radius 2 is 2.03 bits per heavy atom. The topological polar surface area (TPSA) is 85.3 Å². The zero-order valence-corrected chi connectivity index (χ0v) is 19.0. The molecule has 4 atom stereocenters. The number of rotatable bonds is 5. The fourth-order valence-electron chi connectivity index (χ4n) is 5.53. The average molecular weight is 432 g/mol. The maximum Gasteiger partial charge on any atom is 0.303 e. The lowest BCUT2D eigenvalue weighted by Gasteiger charge is -2.51. The summed E-state index contributed by atoms with van der Waals surface area (Å²) in [6.07, 6.45) is 1.65. The molecule has 31 heavy (non-hydrogen) atoms. The van der Waals surface area contributed by atoms with E-state index in [4.69, 9.17) is 19.3 Å². The molecule has 1 N–H and O–H groups in total. The fraction of sp³-hybridized carbons (Fsp3) is 0.667. The monoisotopic (exact) mass is 431 g/mol. The average Bonchev–Trinajstić information content (AvgIpc) is 3.08. The van der Waals surface area contributed by atoms with E-state index in [0.717, 1.165) is 24.2 Å². The number of carbonyl (C=O) groups is 2. The maximum absolute atomic E-state index is 13.1. The molecule has 7 nitrogen and oxygen atoms in total. The zero-order chi connectivity index (χ0) is 22.6. The molecule has 0 bridgehead atoms. The third kappa shape index (κ3) is 4.00. The summed E-state index contributed by atoms with van der Waals surface area (Å²) in [6.45, 7) is 8.45. The molecule has 0 radical (unpaired) electrons. The number of methoxy groups -OCH3 is 1. The summed E-state index contributed by atoms with van der Waals surface area (Å²) < 4.78 is 18.6. The Bertz CT molecular complexity index is 879. The first-order valence-electron chi connectivity index (χ1n) is 11.0. The highest BCUT2D eigenvalue weighted by molar-refractivity contribution is 5.79. The van der Waals surface area contributed by atoms with Crippen LogP contribution in [0.2, 0.25) is 0 Å². The Morgan fingerprint density at radius 3 is 2.71 bits per heavy atom. The van der Waals surface area contributed by atoms with E-state index in [9.17, 15) is 9.59 Å². The summed E-state index contributed by atoms with van der Waals surface area (Å²) in [7, 11) is 1.64. The minimum Gasteiger partial charge on any atom is -0.493 e. The van der Waals surface area contributed by atoms with Crippen molar-refractivity contribution in [2.24, 2.45) is 11.3 Å². The number of carboxylic acids is 1. The highest BCUT2D eigenvalue weighted by Gasteiger charge is 2.54. The molecule has 7 heteroatoms. The lowest BCUT2D eigenvalue weighted by molar-refractivity contribution is -0.168. The van der Waals surface area contributed by atoms with Crippen molar-refractivity contribution in [3.63, 3.8) is 0 Å². The summed E-state index contributed by atoms with van der Waals surface area (Å²) in [5.41, 5.74) is -0.0478. The molecule has 0 aromatic heterocycles. The van der Waals surface area contributed by atoms with Crippen LogP contribution in [-0.4, -0.2) is 53.3 Å². The van der Waals surface area contributed by atoms with Gasteiger partial charge in [-0.25, -0.2) is 0 Å². The quantitative estimate of drug-likeness (QED) is 0.763. The van der Waals surface area contributed by atoms with Crippen LogP contribution in [0.15, 0.2) is 18.2 Å². The number of para-hydroxylation sites is 1. The Labute approximate surface area is 183 Å². The van der Waals surface area contributed by atoms with Gasteiger partial charge in [-0.15, -0.1) is 0 Å². The molecule has 3 aliphatic rings. The first-order chi connectivity index (χ1) is 14.5. The van der Waals surface area contributed by atoms with Crippen LogP contribution in [0.5, 0.6) is 11.5 Å². The predicted molar refractivity (Wildman–Crippen MR) is 114 cm³/mol. The third-order valence-electron chi connectivity index (χ3n) is 7.04. The van der Waals surface area contributed by atoms with Gasteiger partial charge in [0.1, 0.15) is 5.60 Å². The Balaban J connectivity index is 1.56. The number of hydrogen-bond donors (Lipinski definition) is 1. The second-order valence-electron chi connectivity index (χ2n) is 10.4. The Morgan fingerprint density at radius 1 is 1.29 bits per heavy atom. The summed E-state index contributed by atoms with van der Waals surface area (Å²) >= 11 is 0. The second kappa shape index (κ2) is 7.69. The molecule has 170 valence electrons. The van der Waals surface area contributed by atoms with Crippen LogP contribution in [0.1, 0.15) is 65.0 Å².